The van der Waals surface area contributed by atoms with Gasteiger partial charge in [-0.15, -0.1) is 11.6 Å². The van der Waals surface area contributed by atoms with Crippen LogP contribution in [0.25, 0.3) is 0 Å². The number of hydrogen-bond donors (Lipinski definition) is 1. The summed E-state index contributed by atoms with van der Waals surface area (Å²) in [6.45, 7) is 0.740. The Balaban J connectivity index is 1.66. The summed E-state index contributed by atoms with van der Waals surface area (Å²) in [6.07, 6.45) is 4.23. The van der Waals surface area contributed by atoms with Crippen LogP contribution in [0.1, 0.15) is 31.2 Å². The number of hydrogen-bond acceptors (Lipinski definition) is 1. The predicted molar refractivity (Wildman–Crippen MR) is 72.8 cm³/mol. The molecule has 1 amide bonds. The minimum atomic E-state index is -0.246. The van der Waals surface area contributed by atoms with Gasteiger partial charge in [0.25, 0.3) is 0 Å². The number of rotatable bonds is 5. The van der Waals surface area contributed by atoms with E-state index in [1.165, 1.54) is 0 Å². The summed E-state index contributed by atoms with van der Waals surface area (Å²) in [6, 6.07) is 10.1. The van der Waals surface area contributed by atoms with E-state index in [0.29, 0.717) is 5.88 Å². The maximum Gasteiger partial charge on any atom is 0.230 e. The summed E-state index contributed by atoms with van der Waals surface area (Å²) >= 11 is 5.93. The van der Waals surface area contributed by atoms with Crippen molar-refractivity contribution in [3.8, 4) is 0 Å². The van der Waals surface area contributed by atoms with Crippen LogP contribution < -0.4 is 5.32 Å². The normalized spacial score (nSPS) is 22.3. The molecule has 2 nitrogen and oxygen atoms in total. The molecule has 2 aliphatic rings. The van der Waals surface area contributed by atoms with Crippen molar-refractivity contribution in [2.45, 2.75) is 31.1 Å². The Kier molecular flexibility index (Phi) is 2.86. The molecule has 0 atom stereocenters. The lowest BCUT2D eigenvalue weighted by atomic mass is 9.95. The molecule has 3 heteroatoms. The molecule has 0 unspecified atom stereocenters. The Morgan fingerprint density at radius 1 is 1.17 bits per heavy atom. The molecular weight excluding hydrogens is 246 g/mol. The molecule has 1 aromatic rings. The average molecular weight is 264 g/mol. The minimum absolute atomic E-state index is 0.185. The highest BCUT2D eigenvalue weighted by Gasteiger charge is 2.52. The van der Waals surface area contributed by atoms with Crippen LogP contribution in [-0.2, 0) is 10.2 Å². The van der Waals surface area contributed by atoms with Gasteiger partial charge in [0.1, 0.15) is 0 Å². The highest BCUT2D eigenvalue weighted by molar-refractivity contribution is 6.18. The summed E-state index contributed by atoms with van der Waals surface area (Å²) in [7, 11) is 0. The van der Waals surface area contributed by atoms with Crippen LogP contribution in [0, 0.1) is 5.41 Å². The van der Waals surface area contributed by atoms with Gasteiger partial charge in [-0.1, -0.05) is 30.3 Å². The standard InChI is InChI=1S/C15H18ClNO/c16-10-14(6-7-14)11-17-13(18)15(8-9-15)12-4-2-1-3-5-12/h1-5H,6-11H2,(H,17,18). The molecule has 2 saturated carbocycles. The van der Waals surface area contributed by atoms with E-state index >= 15 is 0 Å². The highest BCUT2D eigenvalue weighted by Crippen LogP contribution is 2.49. The van der Waals surface area contributed by atoms with E-state index in [0.717, 1.165) is 37.8 Å². The van der Waals surface area contributed by atoms with Gasteiger partial charge in [0, 0.05) is 17.8 Å². The van der Waals surface area contributed by atoms with Gasteiger partial charge in [0.05, 0.1) is 5.41 Å². The molecule has 0 radical (unpaired) electrons. The molecule has 0 aliphatic heterocycles. The minimum Gasteiger partial charge on any atom is -0.355 e. The number of alkyl halides is 1. The van der Waals surface area contributed by atoms with Crippen molar-refractivity contribution in [2.24, 2.45) is 5.41 Å². The molecule has 0 spiro atoms. The summed E-state index contributed by atoms with van der Waals surface area (Å²) in [4.78, 5) is 12.4. The molecule has 2 aliphatic carbocycles. The van der Waals surface area contributed by atoms with Crippen molar-refractivity contribution in [3.05, 3.63) is 35.9 Å². The molecule has 0 aromatic heterocycles. The van der Waals surface area contributed by atoms with Crippen LogP contribution in [0.4, 0.5) is 0 Å². The third-order valence-corrected chi connectivity index (χ3v) is 4.94. The number of carbonyl (C=O) groups is 1. The molecule has 0 bridgehead atoms. The molecule has 1 aromatic carbocycles. The lowest BCUT2D eigenvalue weighted by Crippen LogP contribution is -2.38. The fourth-order valence-corrected chi connectivity index (χ4v) is 2.86. The van der Waals surface area contributed by atoms with Crippen molar-refractivity contribution >= 4 is 17.5 Å². The summed E-state index contributed by atoms with van der Waals surface area (Å²) in [5.74, 6) is 0.844. The first-order chi connectivity index (χ1) is 8.71. The molecule has 1 N–H and O–H groups in total. The Labute approximate surface area is 113 Å². The number of nitrogens with one attached hydrogen (secondary N) is 1. The van der Waals surface area contributed by atoms with Crippen molar-refractivity contribution in [1.82, 2.24) is 5.32 Å². The molecule has 2 fully saturated rings. The summed E-state index contributed by atoms with van der Waals surface area (Å²) in [5, 5.41) is 3.11. The van der Waals surface area contributed by atoms with Gasteiger partial charge in [-0.25, -0.2) is 0 Å². The Morgan fingerprint density at radius 2 is 1.83 bits per heavy atom. The maximum atomic E-state index is 12.4. The van der Waals surface area contributed by atoms with E-state index in [1.807, 2.05) is 18.2 Å². The zero-order valence-corrected chi connectivity index (χ0v) is 11.2. The maximum absolute atomic E-state index is 12.4. The van der Waals surface area contributed by atoms with Crippen LogP contribution in [-0.4, -0.2) is 18.3 Å². The van der Waals surface area contributed by atoms with E-state index in [9.17, 15) is 4.79 Å². The monoisotopic (exact) mass is 263 g/mol. The second kappa shape index (κ2) is 4.27. The largest absolute Gasteiger partial charge is 0.355 e. The number of carbonyl (C=O) groups excluding carboxylic acids is 1. The average Bonchev–Trinajstić information content (AvgIpc) is 3.31. The smallest absolute Gasteiger partial charge is 0.230 e. The van der Waals surface area contributed by atoms with Crippen LogP contribution in [0.5, 0.6) is 0 Å². The van der Waals surface area contributed by atoms with Gasteiger partial charge in [-0.05, 0) is 31.2 Å². The van der Waals surface area contributed by atoms with Crippen molar-refractivity contribution < 1.29 is 4.79 Å². The second-order valence-electron chi connectivity index (χ2n) is 5.76. The third kappa shape index (κ3) is 2.03. The van der Waals surface area contributed by atoms with Crippen molar-refractivity contribution in [2.75, 3.05) is 12.4 Å². The molecule has 3 rings (SSSR count). The molecule has 0 heterocycles. The first-order valence-corrected chi connectivity index (χ1v) is 7.14. The number of amides is 1. The van der Waals surface area contributed by atoms with Crippen LogP contribution in [0.3, 0.4) is 0 Å². The summed E-state index contributed by atoms with van der Waals surface area (Å²) < 4.78 is 0. The molecule has 0 saturated heterocycles. The quantitative estimate of drug-likeness (QED) is 0.814. The van der Waals surface area contributed by atoms with Gasteiger partial charge in [-0.2, -0.15) is 0 Å². The van der Waals surface area contributed by atoms with E-state index < -0.39 is 0 Å². The van der Waals surface area contributed by atoms with Gasteiger partial charge >= 0.3 is 0 Å². The number of halogens is 1. The van der Waals surface area contributed by atoms with E-state index in [2.05, 4.69) is 17.4 Å². The fourth-order valence-electron chi connectivity index (χ4n) is 2.50. The van der Waals surface area contributed by atoms with Gasteiger partial charge in [0.2, 0.25) is 5.91 Å². The lowest BCUT2D eigenvalue weighted by molar-refractivity contribution is -0.123. The van der Waals surface area contributed by atoms with Crippen molar-refractivity contribution in [3.63, 3.8) is 0 Å². The van der Waals surface area contributed by atoms with Crippen LogP contribution >= 0.6 is 11.6 Å². The van der Waals surface area contributed by atoms with Gasteiger partial charge in [-0.3, -0.25) is 4.79 Å². The van der Waals surface area contributed by atoms with Crippen LogP contribution in [0.2, 0.25) is 0 Å². The zero-order chi connectivity index (χ0) is 12.6. The Bertz CT molecular complexity index is 449. The number of benzene rings is 1. The van der Waals surface area contributed by atoms with E-state index in [1.54, 1.807) is 0 Å². The van der Waals surface area contributed by atoms with E-state index in [-0.39, 0.29) is 16.7 Å². The van der Waals surface area contributed by atoms with E-state index in [4.69, 9.17) is 11.6 Å². The third-order valence-electron chi connectivity index (χ3n) is 4.38. The fraction of sp³-hybridized carbons (Fsp3) is 0.533. The van der Waals surface area contributed by atoms with Crippen LogP contribution in [0.15, 0.2) is 30.3 Å². The first kappa shape index (κ1) is 12.0. The first-order valence-electron chi connectivity index (χ1n) is 6.61. The Morgan fingerprint density at radius 3 is 2.33 bits per heavy atom. The van der Waals surface area contributed by atoms with Gasteiger partial charge in [0.15, 0.2) is 0 Å². The molecule has 18 heavy (non-hydrogen) atoms. The second-order valence-corrected chi connectivity index (χ2v) is 6.03. The molecule has 96 valence electrons. The predicted octanol–water partition coefficient (Wildman–Crippen LogP) is 2.85. The Hall–Kier alpha value is -1.02. The van der Waals surface area contributed by atoms with Crippen molar-refractivity contribution in [1.29, 1.82) is 0 Å². The molecular formula is C15H18ClNO. The lowest BCUT2D eigenvalue weighted by Gasteiger charge is -2.18. The zero-order valence-electron chi connectivity index (χ0n) is 10.4. The topological polar surface area (TPSA) is 29.1 Å². The van der Waals surface area contributed by atoms with Gasteiger partial charge < -0.3 is 5.32 Å². The summed E-state index contributed by atoms with van der Waals surface area (Å²) in [5.41, 5.74) is 1.10. The SMILES string of the molecule is O=C(NCC1(CCl)CC1)C1(c2ccccc2)CC1. The highest BCUT2D eigenvalue weighted by atomic mass is 35.5.